The summed E-state index contributed by atoms with van der Waals surface area (Å²) in [5.74, 6) is -1.02. The molecule has 0 saturated carbocycles. The van der Waals surface area contributed by atoms with Gasteiger partial charge in [0.25, 0.3) is 0 Å². The lowest BCUT2D eigenvalue weighted by molar-refractivity contribution is -0.252. The van der Waals surface area contributed by atoms with Gasteiger partial charge in [-0.15, -0.1) is 0 Å². The molecular weight excluding hydrogens is 252 g/mol. The third-order valence-electron chi connectivity index (χ3n) is 2.67. The van der Waals surface area contributed by atoms with Gasteiger partial charge in [0.1, 0.15) is 13.2 Å². The van der Waals surface area contributed by atoms with E-state index in [4.69, 9.17) is 18.9 Å². The summed E-state index contributed by atoms with van der Waals surface area (Å²) in [7, 11) is 0. The van der Waals surface area contributed by atoms with Crippen LogP contribution in [0.25, 0.3) is 0 Å². The van der Waals surface area contributed by atoms with Gasteiger partial charge in [0, 0.05) is 5.57 Å². The SMILES string of the molecule is C=C(C)C(=O)OCCC(=O)OC1COC(C)C(C)O1. The number of hydrogen-bond acceptors (Lipinski definition) is 6. The lowest BCUT2D eigenvalue weighted by Crippen LogP contribution is -2.42. The Balaban J connectivity index is 2.21. The predicted molar refractivity (Wildman–Crippen MR) is 66.2 cm³/mol. The third-order valence-corrected chi connectivity index (χ3v) is 2.67. The normalized spacial score (nSPS) is 26.6. The first kappa shape index (κ1) is 15.7. The molecule has 108 valence electrons. The monoisotopic (exact) mass is 272 g/mol. The molecule has 1 heterocycles. The van der Waals surface area contributed by atoms with Crippen molar-refractivity contribution in [3.05, 3.63) is 12.2 Å². The fourth-order valence-electron chi connectivity index (χ4n) is 1.37. The lowest BCUT2D eigenvalue weighted by Gasteiger charge is -2.32. The Morgan fingerprint density at radius 3 is 2.58 bits per heavy atom. The highest BCUT2D eigenvalue weighted by Crippen LogP contribution is 2.15. The van der Waals surface area contributed by atoms with E-state index in [0.29, 0.717) is 5.57 Å². The second kappa shape index (κ2) is 7.25. The van der Waals surface area contributed by atoms with Crippen LogP contribution in [0.15, 0.2) is 12.2 Å². The summed E-state index contributed by atoms with van der Waals surface area (Å²) in [6.07, 6.45) is -0.877. The molecule has 0 aliphatic carbocycles. The fourth-order valence-corrected chi connectivity index (χ4v) is 1.37. The highest BCUT2D eigenvalue weighted by atomic mass is 16.7. The lowest BCUT2D eigenvalue weighted by atomic mass is 10.2. The molecule has 19 heavy (non-hydrogen) atoms. The Morgan fingerprint density at radius 2 is 2.00 bits per heavy atom. The van der Waals surface area contributed by atoms with Crippen LogP contribution >= 0.6 is 0 Å². The zero-order valence-electron chi connectivity index (χ0n) is 11.5. The Morgan fingerprint density at radius 1 is 1.32 bits per heavy atom. The van der Waals surface area contributed by atoms with Crippen molar-refractivity contribution in [3.8, 4) is 0 Å². The molecule has 1 fully saturated rings. The molecule has 3 unspecified atom stereocenters. The van der Waals surface area contributed by atoms with E-state index in [2.05, 4.69) is 6.58 Å². The molecule has 0 aromatic carbocycles. The first-order chi connectivity index (χ1) is 8.90. The van der Waals surface area contributed by atoms with Gasteiger partial charge in [0.2, 0.25) is 6.29 Å². The molecule has 1 saturated heterocycles. The van der Waals surface area contributed by atoms with E-state index in [1.807, 2.05) is 13.8 Å². The van der Waals surface area contributed by atoms with E-state index in [1.165, 1.54) is 6.92 Å². The zero-order valence-corrected chi connectivity index (χ0v) is 11.5. The number of ether oxygens (including phenoxy) is 4. The minimum Gasteiger partial charge on any atom is -0.462 e. The van der Waals surface area contributed by atoms with Crippen LogP contribution in [0.3, 0.4) is 0 Å². The molecule has 0 amide bonds. The Bertz CT molecular complexity index is 351. The minimum absolute atomic E-state index is 0.0218. The molecule has 3 atom stereocenters. The molecule has 0 spiro atoms. The van der Waals surface area contributed by atoms with Crippen molar-refractivity contribution in [2.75, 3.05) is 13.2 Å². The Labute approximate surface area is 112 Å². The van der Waals surface area contributed by atoms with Gasteiger partial charge in [-0.2, -0.15) is 0 Å². The van der Waals surface area contributed by atoms with Gasteiger partial charge >= 0.3 is 11.9 Å². The molecule has 0 N–H and O–H groups in total. The highest BCUT2D eigenvalue weighted by Gasteiger charge is 2.28. The van der Waals surface area contributed by atoms with Crippen molar-refractivity contribution in [1.82, 2.24) is 0 Å². The van der Waals surface area contributed by atoms with Gasteiger partial charge < -0.3 is 18.9 Å². The smallest absolute Gasteiger partial charge is 0.333 e. The van der Waals surface area contributed by atoms with Gasteiger partial charge in [-0.1, -0.05) is 6.58 Å². The van der Waals surface area contributed by atoms with Crippen LogP contribution in [0, 0.1) is 0 Å². The molecule has 0 bridgehead atoms. The van der Waals surface area contributed by atoms with E-state index in [0.717, 1.165) is 0 Å². The van der Waals surface area contributed by atoms with Gasteiger partial charge in [-0.05, 0) is 20.8 Å². The molecule has 1 rings (SSSR count). The zero-order chi connectivity index (χ0) is 14.4. The van der Waals surface area contributed by atoms with Crippen LogP contribution in [0.2, 0.25) is 0 Å². The molecule has 0 aromatic rings. The molecular formula is C13H20O6. The molecule has 6 heteroatoms. The summed E-state index contributed by atoms with van der Waals surface area (Å²) in [6, 6.07) is 0. The number of rotatable bonds is 5. The van der Waals surface area contributed by atoms with Crippen LogP contribution < -0.4 is 0 Å². The van der Waals surface area contributed by atoms with Gasteiger partial charge in [-0.3, -0.25) is 4.79 Å². The maximum Gasteiger partial charge on any atom is 0.333 e. The highest BCUT2D eigenvalue weighted by molar-refractivity contribution is 5.87. The first-order valence-electron chi connectivity index (χ1n) is 6.19. The summed E-state index contributed by atoms with van der Waals surface area (Å²) in [5, 5.41) is 0. The van der Waals surface area contributed by atoms with E-state index in [1.54, 1.807) is 0 Å². The second-order valence-electron chi connectivity index (χ2n) is 4.47. The van der Waals surface area contributed by atoms with E-state index < -0.39 is 18.2 Å². The van der Waals surface area contributed by atoms with Crippen molar-refractivity contribution in [3.63, 3.8) is 0 Å². The largest absolute Gasteiger partial charge is 0.462 e. The van der Waals surface area contributed by atoms with Gasteiger partial charge in [0.15, 0.2) is 0 Å². The molecule has 0 radical (unpaired) electrons. The van der Waals surface area contributed by atoms with Crippen molar-refractivity contribution in [2.24, 2.45) is 0 Å². The molecule has 1 aliphatic rings. The summed E-state index contributed by atoms with van der Waals surface area (Å²) in [4.78, 5) is 22.6. The fraction of sp³-hybridized carbons (Fsp3) is 0.692. The molecule has 6 nitrogen and oxygen atoms in total. The number of carbonyl (C=O) groups excluding carboxylic acids is 2. The summed E-state index contributed by atoms with van der Waals surface area (Å²) >= 11 is 0. The third kappa shape index (κ3) is 5.40. The maximum atomic E-state index is 11.5. The first-order valence-corrected chi connectivity index (χ1v) is 6.19. The average molecular weight is 272 g/mol. The summed E-state index contributed by atoms with van der Waals surface area (Å²) in [6.45, 7) is 8.88. The van der Waals surface area contributed by atoms with Crippen LogP contribution in [-0.2, 0) is 28.5 Å². The van der Waals surface area contributed by atoms with Crippen LogP contribution in [0.1, 0.15) is 27.2 Å². The number of esters is 2. The number of hydrogen-bond donors (Lipinski definition) is 0. The number of carbonyl (C=O) groups is 2. The molecule has 1 aliphatic heterocycles. The van der Waals surface area contributed by atoms with Crippen LogP contribution in [0.4, 0.5) is 0 Å². The topological polar surface area (TPSA) is 71.1 Å². The van der Waals surface area contributed by atoms with Crippen molar-refractivity contribution < 1.29 is 28.5 Å². The van der Waals surface area contributed by atoms with Crippen LogP contribution in [0.5, 0.6) is 0 Å². The predicted octanol–water partition coefficient (Wildman–Crippen LogP) is 1.19. The summed E-state index contributed by atoms with van der Waals surface area (Å²) in [5.41, 5.74) is 0.292. The van der Waals surface area contributed by atoms with E-state index >= 15 is 0 Å². The van der Waals surface area contributed by atoms with Crippen molar-refractivity contribution in [1.29, 1.82) is 0 Å². The van der Waals surface area contributed by atoms with E-state index in [-0.39, 0.29) is 31.8 Å². The van der Waals surface area contributed by atoms with Crippen molar-refractivity contribution in [2.45, 2.75) is 45.7 Å². The quantitative estimate of drug-likeness (QED) is 0.553. The second-order valence-corrected chi connectivity index (χ2v) is 4.47. The van der Waals surface area contributed by atoms with Gasteiger partial charge in [0.05, 0.1) is 18.6 Å². The average Bonchev–Trinajstić information content (AvgIpc) is 2.33. The van der Waals surface area contributed by atoms with E-state index in [9.17, 15) is 9.59 Å². The molecule has 0 aromatic heterocycles. The Kier molecular flexibility index (Phi) is 5.98. The maximum absolute atomic E-state index is 11.5. The minimum atomic E-state index is -0.699. The van der Waals surface area contributed by atoms with Crippen LogP contribution in [-0.4, -0.2) is 43.7 Å². The van der Waals surface area contributed by atoms with Crippen molar-refractivity contribution >= 4 is 11.9 Å². The van der Waals surface area contributed by atoms with Gasteiger partial charge in [-0.25, -0.2) is 4.79 Å². The standard InChI is InChI=1S/C13H20O6/c1-8(2)13(15)16-6-5-11(14)19-12-7-17-9(3)10(4)18-12/h9-10,12H,1,5-7H2,2-4H3. The summed E-state index contributed by atoms with van der Waals surface area (Å²) < 4.78 is 20.7. The Hall–Kier alpha value is -1.40.